The third kappa shape index (κ3) is 7.44. The molecule has 1 aliphatic heterocycles. The number of nitrogens with zero attached hydrogens (tertiary/aromatic N) is 3. The smallest absolute Gasteiger partial charge is 0.341 e. The van der Waals surface area contributed by atoms with Gasteiger partial charge in [0.1, 0.15) is 30.2 Å². The minimum Gasteiger partial charge on any atom is -0.479 e. The van der Waals surface area contributed by atoms with Gasteiger partial charge in [0.25, 0.3) is 0 Å². The summed E-state index contributed by atoms with van der Waals surface area (Å²) in [7, 11) is -2.76. The first-order valence-electron chi connectivity index (χ1n) is 15.7. The highest BCUT2D eigenvalue weighted by Gasteiger charge is 2.52. The highest BCUT2D eigenvalue weighted by Crippen LogP contribution is 2.40. The first-order chi connectivity index (χ1) is 20.9. The fourth-order valence-corrected chi connectivity index (χ4v) is 11.2. The zero-order valence-corrected chi connectivity index (χ0v) is 29.7. The Morgan fingerprint density at radius 3 is 2.25 bits per heavy atom. The lowest BCUT2D eigenvalue weighted by Crippen LogP contribution is -2.53. The van der Waals surface area contributed by atoms with E-state index in [1.165, 1.54) is 6.33 Å². The fraction of sp³-hybridized carbons (Fsp3) is 0.625. The van der Waals surface area contributed by atoms with Crippen LogP contribution >= 0.6 is 0 Å². The molecule has 0 aliphatic carbocycles. The van der Waals surface area contributed by atoms with Crippen molar-refractivity contribution in [2.24, 2.45) is 0 Å². The molecule has 2 aromatic heterocycles. The van der Waals surface area contributed by atoms with Gasteiger partial charge in [0.05, 0.1) is 38.5 Å². The maximum Gasteiger partial charge on any atom is 0.341 e. The van der Waals surface area contributed by atoms with Gasteiger partial charge in [-0.05, 0) is 27.7 Å². The van der Waals surface area contributed by atoms with Crippen molar-refractivity contribution < 1.29 is 28.2 Å². The standard InChI is InChI=1S/C32H51N4O6Si2/c1-20(2)43(21(3)4)41-17-26-31(42-44(38,22(5)6)23(7)8)30(37)28(35-26)25-15-36(19-40-16-24-13-11-10-12-14-24)29-27(25)33-18-34-32(29)39-9/h10-15,18,20-23,26,28,30-31,35,37-38H,16-17,19H2,1-9H3/t26-,28+,30-,31-/m1/s1. The molecular weight excluding hydrogens is 593 g/mol. The van der Waals surface area contributed by atoms with Gasteiger partial charge in [0.2, 0.25) is 14.9 Å². The molecule has 0 amide bonds. The number of aliphatic hydroxyl groups is 1. The van der Waals surface area contributed by atoms with Gasteiger partial charge in [-0.3, -0.25) is 0 Å². The van der Waals surface area contributed by atoms with Gasteiger partial charge in [0, 0.05) is 11.8 Å². The lowest BCUT2D eigenvalue weighted by atomic mass is 10.0. The summed E-state index contributed by atoms with van der Waals surface area (Å²) >= 11 is 0. The summed E-state index contributed by atoms with van der Waals surface area (Å²) in [6.07, 6.45) is 1.79. The minimum atomic E-state index is -3.21. The maximum absolute atomic E-state index is 12.0. The molecule has 3 aromatic rings. The number of benzene rings is 1. The predicted molar refractivity (Wildman–Crippen MR) is 176 cm³/mol. The van der Waals surface area contributed by atoms with E-state index in [1.54, 1.807) is 7.11 Å². The molecule has 4 rings (SSSR count). The number of rotatable bonds is 15. The van der Waals surface area contributed by atoms with Crippen LogP contribution in [0.4, 0.5) is 0 Å². The minimum absolute atomic E-state index is 0.0538. The number of hydrogen-bond acceptors (Lipinski definition) is 9. The van der Waals surface area contributed by atoms with Crippen LogP contribution in [0.25, 0.3) is 11.0 Å². The second-order valence-corrected chi connectivity index (χ2v) is 20.5. The first kappa shape index (κ1) is 34.7. The number of fused-ring (bicyclic) bond motifs is 1. The Hall–Kier alpha value is -2.17. The Morgan fingerprint density at radius 2 is 1.66 bits per heavy atom. The van der Waals surface area contributed by atoms with Crippen LogP contribution in [0, 0.1) is 0 Å². The number of ether oxygens (including phenoxy) is 2. The van der Waals surface area contributed by atoms with E-state index in [0.717, 1.165) is 11.1 Å². The molecule has 12 heteroatoms. The second kappa shape index (κ2) is 14.9. The summed E-state index contributed by atoms with van der Waals surface area (Å²) in [5.74, 6) is 0.423. The quantitative estimate of drug-likeness (QED) is 0.186. The molecule has 243 valence electrons. The van der Waals surface area contributed by atoms with Crippen LogP contribution in [0.2, 0.25) is 22.2 Å². The van der Waals surface area contributed by atoms with Crippen molar-refractivity contribution >= 4 is 28.6 Å². The number of aliphatic hydroxyl groups excluding tert-OH is 1. The molecule has 0 saturated carbocycles. The van der Waals surface area contributed by atoms with Crippen molar-refractivity contribution in [3.05, 3.63) is 54.0 Å². The number of hydrogen-bond donors (Lipinski definition) is 3. The molecule has 1 aliphatic rings. The van der Waals surface area contributed by atoms with Crippen LogP contribution < -0.4 is 10.1 Å². The zero-order chi connectivity index (χ0) is 32.2. The molecule has 1 aromatic carbocycles. The van der Waals surface area contributed by atoms with E-state index >= 15 is 0 Å². The van der Waals surface area contributed by atoms with Crippen LogP contribution in [0.5, 0.6) is 5.88 Å². The molecule has 3 N–H and O–H groups in total. The highest BCUT2D eigenvalue weighted by molar-refractivity contribution is 6.68. The highest BCUT2D eigenvalue weighted by atomic mass is 28.4. The summed E-state index contributed by atoms with van der Waals surface area (Å²) in [6, 6.07) is 9.13. The molecule has 3 heterocycles. The lowest BCUT2D eigenvalue weighted by molar-refractivity contribution is 0.0127. The average Bonchev–Trinajstić information content (AvgIpc) is 3.50. The Balaban J connectivity index is 1.69. The molecule has 4 atom stereocenters. The van der Waals surface area contributed by atoms with E-state index in [2.05, 4.69) is 43.0 Å². The van der Waals surface area contributed by atoms with Gasteiger partial charge in [-0.25, -0.2) is 4.98 Å². The van der Waals surface area contributed by atoms with Crippen molar-refractivity contribution in [3.63, 3.8) is 0 Å². The molecule has 10 nitrogen and oxygen atoms in total. The SMILES string of the molecule is COc1ncnc2c([C@@H]3N[C@H](CO[Si](C(C)C)C(C)C)[C@@H](O[Si](O)(C(C)C)C(C)C)[C@@H]3O)cn(COCc3ccccc3)c12. The third-order valence-corrected chi connectivity index (χ3v) is 15.3. The number of methoxy groups -OCH3 is 1. The number of aromatic nitrogens is 3. The van der Waals surface area contributed by atoms with Crippen LogP contribution in [-0.2, 0) is 26.9 Å². The first-order valence-corrected chi connectivity index (χ1v) is 19.3. The van der Waals surface area contributed by atoms with Crippen LogP contribution in [0.3, 0.4) is 0 Å². The van der Waals surface area contributed by atoms with Gasteiger partial charge in [-0.1, -0.05) is 85.7 Å². The Bertz CT molecular complexity index is 1320. The van der Waals surface area contributed by atoms with Crippen molar-refractivity contribution in [1.29, 1.82) is 0 Å². The van der Waals surface area contributed by atoms with Crippen LogP contribution in [0.15, 0.2) is 42.9 Å². The van der Waals surface area contributed by atoms with Crippen molar-refractivity contribution in [2.75, 3.05) is 13.7 Å². The normalized spacial score (nSPS) is 21.2. The van der Waals surface area contributed by atoms with Gasteiger partial charge in [-0.2, -0.15) is 4.98 Å². The zero-order valence-electron chi connectivity index (χ0n) is 27.7. The van der Waals surface area contributed by atoms with Crippen LogP contribution in [0.1, 0.15) is 72.6 Å². The molecule has 0 unspecified atom stereocenters. The second-order valence-electron chi connectivity index (χ2n) is 13.0. The van der Waals surface area contributed by atoms with E-state index in [0.29, 0.717) is 41.2 Å². The summed E-state index contributed by atoms with van der Waals surface area (Å²) in [5, 5.41) is 15.6. The largest absolute Gasteiger partial charge is 0.479 e. The van der Waals surface area contributed by atoms with E-state index in [4.69, 9.17) is 18.3 Å². The lowest BCUT2D eigenvalue weighted by Gasteiger charge is -2.37. The fourth-order valence-electron chi connectivity index (χ4n) is 6.20. The van der Waals surface area contributed by atoms with Gasteiger partial charge < -0.3 is 38.1 Å². The van der Waals surface area contributed by atoms with Crippen molar-refractivity contribution in [1.82, 2.24) is 19.9 Å². The molecule has 0 spiro atoms. The topological polar surface area (TPSA) is 120 Å². The van der Waals surface area contributed by atoms with Crippen molar-refractivity contribution in [2.45, 2.75) is 115 Å². The third-order valence-electron chi connectivity index (χ3n) is 8.53. The average molecular weight is 644 g/mol. The summed E-state index contributed by atoms with van der Waals surface area (Å²) in [6.45, 7) is 17.8. The monoisotopic (exact) mass is 643 g/mol. The Labute approximate surface area is 265 Å². The predicted octanol–water partition coefficient (Wildman–Crippen LogP) is 5.46. The van der Waals surface area contributed by atoms with E-state index in [-0.39, 0.29) is 23.9 Å². The maximum atomic E-state index is 12.0. The molecule has 0 bridgehead atoms. The Morgan fingerprint density at radius 1 is 1.00 bits per heavy atom. The Kier molecular flexibility index (Phi) is 11.8. The van der Waals surface area contributed by atoms with Crippen molar-refractivity contribution in [3.8, 4) is 5.88 Å². The summed E-state index contributed by atoms with van der Waals surface area (Å²) < 4.78 is 26.9. The molecular formula is C32H51N4O6Si2. The number of nitrogens with one attached hydrogen (secondary N) is 1. The molecule has 1 saturated heterocycles. The van der Waals surface area contributed by atoms with Gasteiger partial charge in [-0.15, -0.1) is 0 Å². The van der Waals surface area contributed by atoms with E-state index < -0.39 is 35.9 Å². The summed E-state index contributed by atoms with van der Waals surface area (Å²) in [4.78, 5) is 20.8. The van der Waals surface area contributed by atoms with E-state index in [9.17, 15) is 9.90 Å². The summed E-state index contributed by atoms with van der Waals surface area (Å²) in [5.41, 5.74) is 3.94. The van der Waals surface area contributed by atoms with Gasteiger partial charge in [0.15, 0.2) is 0 Å². The van der Waals surface area contributed by atoms with E-state index in [1.807, 2.05) is 68.8 Å². The molecule has 44 heavy (non-hydrogen) atoms. The molecule has 1 fully saturated rings. The van der Waals surface area contributed by atoms with Gasteiger partial charge >= 0.3 is 8.56 Å². The molecule has 1 radical (unpaired) electrons. The van der Waals surface area contributed by atoms with Crippen LogP contribution in [-0.4, -0.2) is 74.0 Å².